The third-order valence-corrected chi connectivity index (χ3v) is 7.08. The molecule has 1 saturated heterocycles. The molecule has 0 bridgehead atoms. The number of morpholine rings is 1. The molecule has 1 aliphatic rings. The molecule has 1 N–H and O–H groups in total. The van der Waals surface area contributed by atoms with Gasteiger partial charge in [0.15, 0.2) is 0 Å². The van der Waals surface area contributed by atoms with Crippen LogP contribution < -0.4 is 10.2 Å². The largest absolute Gasteiger partial charge is 0.378 e. The first kappa shape index (κ1) is 22.2. The summed E-state index contributed by atoms with van der Waals surface area (Å²) in [5.41, 5.74) is 1.67. The molecule has 1 heterocycles. The van der Waals surface area contributed by atoms with Crippen molar-refractivity contribution in [3.8, 4) is 0 Å². The zero-order chi connectivity index (χ0) is 21.7. The van der Waals surface area contributed by atoms with Crippen LogP contribution in [0.4, 0.5) is 15.8 Å². The van der Waals surface area contributed by atoms with Gasteiger partial charge in [0.25, 0.3) is 5.91 Å². The highest BCUT2D eigenvalue weighted by molar-refractivity contribution is 7.89. The number of sulfonamides is 1. The van der Waals surface area contributed by atoms with Crippen LogP contribution in [-0.2, 0) is 14.8 Å². The predicted molar refractivity (Wildman–Crippen MR) is 114 cm³/mol. The molecule has 0 saturated carbocycles. The van der Waals surface area contributed by atoms with Crippen molar-refractivity contribution in [1.29, 1.82) is 0 Å². The molecule has 0 unspecified atom stereocenters. The number of nitrogens with one attached hydrogen (secondary N) is 1. The molecule has 0 radical (unpaired) electrons. The minimum Gasteiger partial charge on any atom is -0.378 e. The second kappa shape index (κ2) is 9.55. The van der Waals surface area contributed by atoms with Gasteiger partial charge in [-0.2, -0.15) is 4.31 Å². The van der Waals surface area contributed by atoms with Crippen LogP contribution in [-0.4, -0.2) is 58.0 Å². The Kier molecular flexibility index (Phi) is 7.06. The van der Waals surface area contributed by atoms with Gasteiger partial charge in [0, 0.05) is 43.1 Å². The molecule has 1 fully saturated rings. The van der Waals surface area contributed by atoms with Gasteiger partial charge in [-0.05, 0) is 42.5 Å². The van der Waals surface area contributed by atoms with Gasteiger partial charge in [-0.25, -0.2) is 12.8 Å². The molecule has 3 rings (SSSR count). The Morgan fingerprint density at radius 2 is 1.73 bits per heavy atom. The van der Waals surface area contributed by atoms with Gasteiger partial charge in [0.05, 0.1) is 13.2 Å². The van der Waals surface area contributed by atoms with E-state index in [1.165, 1.54) is 6.07 Å². The zero-order valence-electron chi connectivity index (χ0n) is 17.1. The summed E-state index contributed by atoms with van der Waals surface area (Å²) in [6.07, 6.45) is 0. The van der Waals surface area contributed by atoms with Crippen molar-refractivity contribution in [1.82, 2.24) is 4.31 Å². The highest BCUT2D eigenvalue weighted by Gasteiger charge is 2.26. The fourth-order valence-electron chi connectivity index (χ4n) is 3.33. The van der Waals surface area contributed by atoms with Crippen LogP contribution in [0.3, 0.4) is 0 Å². The van der Waals surface area contributed by atoms with Crippen LogP contribution in [0.15, 0.2) is 47.4 Å². The van der Waals surface area contributed by atoms with Gasteiger partial charge in [0.2, 0.25) is 10.0 Å². The highest BCUT2D eigenvalue weighted by atomic mass is 32.2. The van der Waals surface area contributed by atoms with Crippen molar-refractivity contribution in [3.63, 3.8) is 0 Å². The number of rotatable bonds is 7. The molecule has 2 aromatic carbocycles. The van der Waals surface area contributed by atoms with Crippen LogP contribution in [0.25, 0.3) is 0 Å². The van der Waals surface area contributed by atoms with Crippen molar-refractivity contribution >= 4 is 27.3 Å². The van der Waals surface area contributed by atoms with E-state index in [-0.39, 0.29) is 18.7 Å². The first-order chi connectivity index (χ1) is 14.4. The lowest BCUT2D eigenvalue weighted by molar-refractivity contribution is 0.102. The summed E-state index contributed by atoms with van der Waals surface area (Å²) in [7, 11) is -4.02. The summed E-state index contributed by atoms with van der Waals surface area (Å²) in [5, 5.41) is 2.73. The van der Waals surface area contributed by atoms with Crippen LogP contribution in [0, 0.1) is 5.82 Å². The smallest absolute Gasteiger partial charge is 0.255 e. The van der Waals surface area contributed by atoms with Gasteiger partial charge in [-0.15, -0.1) is 0 Å². The van der Waals surface area contributed by atoms with Gasteiger partial charge in [0.1, 0.15) is 10.7 Å². The third-order valence-electron chi connectivity index (χ3n) is 5.02. The van der Waals surface area contributed by atoms with E-state index in [0.717, 1.165) is 35.2 Å². The SMILES string of the molecule is CCN(CC)S(=O)(=O)c1cc(C(=O)Nc2ccc(N3CCOCC3)cc2)ccc1F. The minimum absolute atomic E-state index is 0.0689. The number of nitrogens with zero attached hydrogens (tertiary/aromatic N) is 2. The average Bonchev–Trinajstić information content (AvgIpc) is 2.75. The normalized spacial score (nSPS) is 14.7. The Hall–Kier alpha value is -2.49. The van der Waals surface area contributed by atoms with Crippen LogP contribution in [0.2, 0.25) is 0 Å². The Balaban J connectivity index is 1.77. The van der Waals surface area contributed by atoms with Crippen LogP contribution >= 0.6 is 0 Å². The lowest BCUT2D eigenvalue weighted by Crippen LogP contribution is -2.36. The van der Waals surface area contributed by atoms with E-state index in [1.807, 2.05) is 12.1 Å². The molecule has 0 aromatic heterocycles. The molecular formula is C21H26FN3O4S. The topological polar surface area (TPSA) is 79.0 Å². The number of anilines is 2. The maximum Gasteiger partial charge on any atom is 0.255 e. The molecule has 1 amide bonds. The predicted octanol–water partition coefficient (Wildman–Crippen LogP) is 2.95. The third kappa shape index (κ3) is 4.80. The first-order valence-corrected chi connectivity index (χ1v) is 11.3. The molecule has 1 aliphatic heterocycles. The van der Waals surface area contributed by atoms with E-state index >= 15 is 0 Å². The van der Waals surface area contributed by atoms with Gasteiger partial charge in [-0.1, -0.05) is 13.8 Å². The molecule has 2 aromatic rings. The van der Waals surface area contributed by atoms with Gasteiger partial charge < -0.3 is 15.0 Å². The molecule has 0 spiro atoms. The lowest BCUT2D eigenvalue weighted by Gasteiger charge is -2.28. The molecule has 0 aliphatic carbocycles. The summed E-state index contributed by atoms with van der Waals surface area (Å²) < 4.78 is 46.1. The molecule has 9 heteroatoms. The van der Waals surface area contributed by atoms with Crippen molar-refractivity contribution in [2.24, 2.45) is 0 Å². The number of carbonyl (C=O) groups is 1. The summed E-state index contributed by atoms with van der Waals surface area (Å²) >= 11 is 0. The Bertz CT molecular complexity index is 986. The monoisotopic (exact) mass is 435 g/mol. The lowest BCUT2D eigenvalue weighted by atomic mass is 10.2. The van der Waals surface area contributed by atoms with E-state index in [0.29, 0.717) is 18.9 Å². The van der Waals surface area contributed by atoms with E-state index < -0.39 is 26.6 Å². The maximum atomic E-state index is 14.3. The van der Waals surface area contributed by atoms with Crippen molar-refractivity contribution in [2.75, 3.05) is 49.6 Å². The number of amides is 1. The number of hydrogen-bond donors (Lipinski definition) is 1. The van der Waals surface area contributed by atoms with Gasteiger partial charge >= 0.3 is 0 Å². The quantitative estimate of drug-likeness (QED) is 0.724. The fraction of sp³-hybridized carbons (Fsp3) is 0.381. The van der Waals surface area contributed by atoms with Crippen LogP contribution in [0.5, 0.6) is 0 Å². The van der Waals surface area contributed by atoms with E-state index in [2.05, 4.69) is 10.2 Å². The molecule has 162 valence electrons. The number of hydrogen-bond acceptors (Lipinski definition) is 5. The van der Waals surface area contributed by atoms with Crippen molar-refractivity contribution in [3.05, 3.63) is 53.8 Å². The Morgan fingerprint density at radius 1 is 1.10 bits per heavy atom. The molecule has 30 heavy (non-hydrogen) atoms. The van der Waals surface area contributed by atoms with Gasteiger partial charge in [-0.3, -0.25) is 4.79 Å². The summed E-state index contributed by atoms with van der Waals surface area (Å²) in [6.45, 7) is 6.76. The van der Waals surface area contributed by atoms with Crippen LogP contribution in [0.1, 0.15) is 24.2 Å². The average molecular weight is 436 g/mol. The second-order valence-electron chi connectivity index (χ2n) is 6.83. The van der Waals surface area contributed by atoms with E-state index in [1.54, 1.807) is 26.0 Å². The summed E-state index contributed by atoms with van der Waals surface area (Å²) in [5.74, 6) is -1.39. The second-order valence-corrected chi connectivity index (χ2v) is 8.74. The Morgan fingerprint density at radius 3 is 2.33 bits per heavy atom. The highest BCUT2D eigenvalue weighted by Crippen LogP contribution is 2.23. The van der Waals surface area contributed by atoms with Crippen molar-refractivity contribution in [2.45, 2.75) is 18.7 Å². The molecule has 7 nitrogen and oxygen atoms in total. The Labute approximate surface area is 176 Å². The fourth-order valence-corrected chi connectivity index (χ4v) is 4.87. The first-order valence-electron chi connectivity index (χ1n) is 9.90. The summed E-state index contributed by atoms with van der Waals surface area (Å²) in [4.78, 5) is 14.3. The van der Waals surface area contributed by atoms with E-state index in [4.69, 9.17) is 4.74 Å². The van der Waals surface area contributed by atoms with E-state index in [9.17, 15) is 17.6 Å². The maximum absolute atomic E-state index is 14.3. The minimum atomic E-state index is -4.02. The number of carbonyl (C=O) groups excluding carboxylic acids is 1. The zero-order valence-corrected chi connectivity index (χ0v) is 17.9. The number of benzene rings is 2. The molecular weight excluding hydrogens is 409 g/mol. The summed E-state index contributed by atoms with van der Waals surface area (Å²) in [6, 6.07) is 10.7. The standard InChI is InChI=1S/C21H26FN3O4S/c1-3-25(4-2)30(27,28)20-15-16(5-10-19(20)22)21(26)23-17-6-8-18(9-7-17)24-11-13-29-14-12-24/h5-10,15H,3-4,11-14H2,1-2H3,(H,23,26). The van der Waals surface area contributed by atoms with Crippen molar-refractivity contribution < 1.29 is 22.3 Å². The number of halogens is 1. The number of ether oxygens (including phenoxy) is 1. The molecule has 0 atom stereocenters.